The van der Waals surface area contributed by atoms with Crippen molar-refractivity contribution in [2.24, 2.45) is 5.73 Å². The zero-order chi connectivity index (χ0) is 16.3. The number of nitrogens with one attached hydrogen (secondary N) is 2. The van der Waals surface area contributed by atoms with Crippen molar-refractivity contribution >= 4 is 28.6 Å². The maximum Gasteiger partial charge on any atom is 0.238 e. The lowest BCUT2D eigenvalue weighted by Gasteiger charge is -2.31. The third kappa shape index (κ3) is 3.31. The van der Waals surface area contributed by atoms with Crippen molar-refractivity contribution in [1.29, 1.82) is 5.26 Å². The Hall–Kier alpha value is -1.72. The summed E-state index contributed by atoms with van der Waals surface area (Å²) >= 11 is 3.01. The van der Waals surface area contributed by atoms with Crippen LogP contribution in [0, 0.1) is 11.3 Å². The quantitative estimate of drug-likeness (QED) is 0.766. The molecule has 1 saturated heterocycles. The van der Waals surface area contributed by atoms with Gasteiger partial charge in [-0.2, -0.15) is 5.26 Å². The lowest BCUT2D eigenvalue weighted by molar-refractivity contribution is -0.124. The number of rotatable bonds is 5. The first kappa shape index (κ1) is 16.1. The van der Waals surface area contributed by atoms with Crippen LogP contribution in [0.3, 0.4) is 0 Å². The molecule has 120 valence electrons. The largest absolute Gasteiger partial charge is 0.344 e. The smallest absolute Gasteiger partial charge is 0.238 e. The molecule has 23 heavy (non-hydrogen) atoms. The lowest BCUT2D eigenvalue weighted by atomic mass is 9.88. The van der Waals surface area contributed by atoms with E-state index in [1.54, 1.807) is 11.3 Å². The van der Waals surface area contributed by atoms with Gasteiger partial charge in [-0.25, -0.2) is 0 Å². The maximum absolute atomic E-state index is 12.6. The Morgan fingerprint density at radius 1 is 1.48 bits per heavy atom. The highest BCUT2D eigenvalue weighted by atomic mass is 32.1. The number of nitrogens with two attached hydrogens (primary N) is 1. The monoisotopic (exact) mass is 346 g/mol. The number of carbonyl (C=O) groups excluding carboxylic acids is 1. The molecule has 0 spiro atoms. The fraction of sp³-hybridized carbons (Fsp3) is 0.375. The molecular formula is C16H18N4OS2. The number of carbonyl (C=O) groups is 1. The van der Waals surface area contributed by atoms with Gasteiger partial charge in [0, 0.05) is 23.4 Å². The Bertz CT molecular complexity index is 711. The van der Waals surface area contributed by atoms with E-state index in [2.05, 4.69) is 16.7 Å². The van der Waals surface area contributed by atoms with E-state index in [1.807, 2.05) is 29.0 Å². The SMILES string of the molecule is N#Cc1sccc1[C@@]1(NC(=O)[C@@H](N)Cc2cccs2)CCNC1. The van der Waals surface area contributed by atoms with Gasteiger partial charge in [0.1, 0.15) is 10.9 Å². The van der Waals surface area contributed by atoms with Crippen LogP contribution in [0.2, 0.25) is 0 Å². The number of thiophene rings is 2. The molecule has 1 amide bonds. The molecule has 0 saturated carbocycles. The standard InChI is InChI=1S/C16H18N4OS2/c17-9-14-12(3-7-23-14)16(4-5-19-10-16)20-15(21)13(18)8-11-2-1-6-22-11/h1-3,6-7,13,19H,4-5,8,10,18H2,(H,20,21)/t13-,16+/m0/s1. The highest BCUT2D eigenvalue weighted by Crippen LogP contribution is 2.33. The van der Waals surface area contributed by atoms with Crippen LogP contribution in [0.25, 0.3) is 0 Å². The van der Waals surface area contributed by atoms with Gasteiger partial charge in [0.05, 0.1) is 11.6 Å². The normalized spacial score (nSPS) is 21.7. The highest BCUT2D eigenvalue weighted by Gasteiger charge is 2.40. The second-order valence-electron chi connectivity index (χ2n) is 5.66. The molecule has 0 aromatic carbocycles. The van der Waals surface area contributed by atoms with E-state index in [-0.39, 0.29) is 5.91 Å². The van der Waals surface area contributed by atoms with Gasteiger partial charge in [0.25, 0.3) is 0 Å². The van der Waals surface area contributed by atoms with Crippen molar-refractivity contribution in [3.05, 3.63) is 44.3 Å². The number of hydrogen-bond donors (Lipinski definition) is 3. The van der Waals surface area contributed by atoms with Crippen LogP contribution >= 0.6 is 22.7 Å². The average molecular weight is 346 g/mol. The number of nitrogens with zero attached hydrogens (tertiary/aromatic N) is 1. The van der Waals surface area contributed by atoms with Crippen LogP contribution in [0.1, 0.15) is 21.7 Å². The molecule has 1 fully saturated rings. The number of nitriles is 1. The Morgan fingerprint density at radius 2 is 2.35 bits per heavy atom. The molecule has 2 aromatic heterocycles. The van der Waals surface area contributed by atoms with Gasteiger partial charge in [0.15, 0.2) is 0 Å². The molecule has 0 bridgehead atoms. The van der Waals surface area contributed by atoms with Crippen LogP contribution in [-0.4, -0.2) is 25.0 Å². The molecule has 0 unspecified atom stereocenters. The van der Waals surface area contributed by atoms with E-state index in [4.69, 9.17) is 5.73 Å². The minimum Gasteiger partial charge on any atom is -0.344 e. The molecule has 3 rings (SSSR count). The summed E-state index contributed by atoms with van der Waals surface area (Å²) in [5, 5.41) is 19.6. The minimum absolute atomic E-state index is 0.169. The predicted octanol–water partition coefficient (Wildman–Crippen LogP) is 1.56. The van der Waals surface area contributed by atoms with Crippen molar-refractivity contribution < 1.29 is 4.79 Å². The molecule has 1 aliphatic heterocycles. The van der Waals surface area contributed by atoms with Crippen molar-refractivity contribution in [2.45, 2.75) is 24.4 Å². The first-order valence-corrected chi connectivity index (χ1v) is 9.19. The molecule has 4 N–H and O–H groups in total. The molecule has 0 aliphatic carbocycles. The van der Waals surface area contributed by atoms with Crippen molar-refractivity contribution in [3.8, 4) is 6.07 Å². The summed E-state index contributed by atoms with van der Waals surface area (Å²) in [6.45, 7) is 1.43. The number of amides is 1. The van der Waals surface area contributed by atoms with E-state index in [1.165, 1.54) is 11.3 Å². The Kier molecular flexibility index (Phi) is 4.78. The summed E-state index contributed by atoms with van der Waals surface area (Å²) in [7, 11) is 0. The van der Waals surface area contributed by atoms with Crippen LogP contribution in [-0.2, 0) is 16.8 Å². The maximum atomic E-state index is 12.6. The third-order valence-corrected chi connectivity index (χ3v) is 5.86. The fourth-order valence-corrected chi connectivity index (χ4v) is 4.48. The zero-order valence-electron chi connectivity index (χ0n) is 12.5. The van der Waals surface area contributed by atoms with Crippen molar-refractivity contribution in [1.82, 2.24) is 10.6 Å². The Morgan fingerprint density at radius 3 is 3.00 bits per heavy atom. The molecule has 7 heteroatoms. The van der Waals surface area contributed by atoms with Gasteiger partial charge >= 0.3 is 0 Å². The van der Waals surface area contributed by atoms with Gasteiger partial charge in [-0.05, 0) is 35.9 Å². The molecule has 2 atom stereocenters. The Balaban J connectivity index is 1.77. The fourth-order valence-electron chi connectivity index (χ4n) is 2.94. The third-order valence-electron chi connectivity index (χ3n) is 4.14. The second kappa shape index (κ2) is 6.81. The van der Waals surface area contributed by atoms with Gasteiger partial charge in [-0.3, -0.25) is 4.79 Å². The van der Waals surface area contributed by atoms with Gasteiger partial charge in [-0.1, -0.05) is 6.07 Å². The summed E-state index contributed by atoms with van der Waals surface area (Å²) in [5.74, 6) is -0.169. The molecule has 5 nitrogen and oxygen atoms in total. The average Bonchev–Trinajstić information content (AvgIpc) is 3.28. The van der Waals surface area contributed by atoms with Gasteiger partial charge < -0.3 is 16.4 Å². The van der Waals surface area contributed by atoms with Crippen molar-refractivity contribution in [3.63, 3.8) is 0 Å². The minimum atomic E-state index is -0.588. The summed E-state index contributed by atoms with van der Waals surface area (Å²) in [4.78, 5) is 14.3. The van der Waals surface area contributed by atoms with Crippen molar-refractivity contribution in [2.75, 3.05) is 13.1 Å². The topological polar surface area (TPSA) is 90.9 Å². The van der Waals surface area contributed by atoms with E-state index < -0.39 is 11.6 Å². The van der Waals surface area contributed by atoms with E-state index in [9.17, 15) is 10.1 Å². The Labute approximate surface area is 143 Å². The van der Waals surface area contributed by atoms with Gasteiger partial charge in [0.2, 0.25) is 5.91 Å². The molecule has 2 aromatic rings. The zero-order valence-corrected chi connectivity index (χ0v) is 14.2. The summed E-state index contributed by atoms with van der Waals surface area (Å²) in [6.07, 6.45) is 1.29. The van der Waals surface area contributed by atoms with Crippen LogP contribution in [0.5, 0.6) is 0 Å². The summed E-state index contributed by atoms with van der Waals surface area (Å²) in [5.41, 5.74) is 6.44. The van der Waals surface area contributed by atoms with Gasteiger partial charge in [-0.15, -0.1) is 22.7 Å². The predicted molar refractivity (Wildman–Crippen MR) is 92.3 cm³/mol. The molecule has 0 radical (unpaired) electrons. The molecular weight excluding hydrogens is 328 g/mol. The lowest BCUT2D eigenvalue weighted by Crippen LogP contribution is -2.53. The molecule has 1 aliphatic rings. The van der Waals surface area contributed by atoms with E-state index in [0.29, 0.717) is 17.8 Å². The highest BCUT2D eigenvalue weighted by molar-refractivity contribution is 7.10. The summed E-state index contributed by atoms with van der Waals surface area (Å²) in [6, 6.07) is 7.51. The van der Waals surface area contributed by atoms with E-state index >= 15 is 0 Å². The first-order valence-electron chi connectivity index (χ1n) is 7.43. The van der Waals surface area contributed by atoms with E-state index in [0.717, 1.165) is 23.4 Å². The van der Waals surface area contributed by atoms with Crippen LogP contribution < -0.4 is 16.4 Å². The second-order valence-corrected chi connectivity index (χ2v) is 7.61. The number of hydrogen-bond acceptors (Lipinski definition) is 6. The first-order chi connectivity index (χ1) is 11.1. The molecule has 3 heterocycles. The summed E-state index contributed by atoms with van der Waals surface area (Å²) < 4.78 is 0. The van der Waals surface area contributed by atoms with Crippen LogP contribution in [0.4, 0.5) is 0 Å². The van der Waals surface area contributed by atoms with Crippen LogP contribution in [0.15, 0.2) is 29.0 Å².